The molecule has 0 unspecified atom stereocenters. The molecule has 10 rings (SSSR count). The van der Waals surface area contributed by atoms with Gasteiger partial charge >= 0.3 is 6.71 Å². The number of nitrogens with zero attached hydrogens (tertiary/aromatic N) is 2. The van der Waals surface area contributed by atoms with Gasteiger partial charge in [0, 0.05) is 33.5 Å². The highest BCUT2D eigenvalue weighted by Crippen LogP contribution is 2.48. The number of hydrogen-bond donors (Lipinski definition) is 0. The summed E-state index contributed by atoms with van der Waals surface area (Å²) in [6, 6.07) is 53.3. The van der Waals surface area contributed by atoms with Gasteiger partial charge in [0.15, 0.2) is 0 Å². The van der Waals surface area contributed by atoms with E-state index in [1.165, 1.54) is 16.6 Å². The zero-order valence-electron chi connectivity index (χ0n) is 24.2. The first-order valence-electron chi connectivity index (χ1n) is 15.3. The highest BCUT2D eigenvalue weighted by atomic mass is 16.3. The minimum atomic E-state index is -0.213. The van der Waals surface area contributed by atoms with Gasteiger partial charge in [0.1, 0.15) is 22.5 Å². The molecule has 0 radical (unpaired) electrons. The molecule has 5 heteroatoms. The molecule has 4 heterocycles. The summed E-state index contributed by atoms with van der Waals surface area (Å²) in [5.74, 6) is 0. The number of benzene rings is 6. The van der Waals surface area contributed by atoms with E-state index in [1.54, 1.807) is 0 Å². The van der Waals surface area contributed by atoms with Crippen molar-refractivity contribution in [1.82, 2.24) is 0 Å². The summed E-state index contributed by atoms with van der Waals surface area (Å²) < 4.78 is 13.7. The summed E-state index contributed by atoms with van der Waals surface area (Å²) in [6.45, 7) is -0.213. The molecule has 0 atom stereocenters. The van der Waals surface area contributed by atoms with Gasteiger partial charge in [-0.1, -0.05) is 91.0 Å². The van der Waals surface area contributed by atoms with Crippen molar-refractivity contribution in [2.75, 3.05) is 9.80 Å². The van der Waals surface area contributed by atoms with Gasteiger partial charge in [-0.05, 0) is 77.3 Å². The predicted octanol–water partition coefficient (Wildman–Crippen LogP) is 8.93. The molecule has 0 spiro atoms. The molecule has 0 saturated heterocycles. The van der Waals surface area contributed by atoms with E-state index < -0.39 is 0 Å². The van der Waals surface area contributed by atoms with Crippen molar-refractivity contribution in [3.63, 3.8) is 0 Å². The van der Waals surface area contributed by atoms with Crippen LogP contribution >= 0.6 is 0 Å². The van der Waals surface area contributed by atoms with Crippen LogP contribution in [-0.4, -0.2) is 6.71 Å². The van der Waals surface area contributed by atoms with Crippen molar-refractivity contribution in [3.05, 3.63) is 152 Å². The second-order valence-corrected chi connectivity index (χ2v) is 11.7. The van der Waals surface area contributed by atoms with E-state index >= 15 is 0 Å². The normalized spacial score (nSPS) is 13.2. The molecule has 45 heavy (non-hydrogen) atoms. The van der Waals surface area contributed by atoms with Crippen LogP contribution in [0.2, 0.25) is 0 Å². The Kier molecular flexibility index (Phi) is 5.05. The number of anilines is 6. The Hall–Kier alpha value is -5.94. The molecule has 0 N–H and O–H groups in total. The number of furan rings is 2. The van der Waals surface area contributed by atoms with E-state index in [1.807, 2.05) is 12.1 Å². The summed E-state index contributed by atoms with van der Waals surface area (Å²) in [6.07, 6.45) is 0. The molecule has 2 aliphatic heterocycles. The summed E-state index contributed by atoms with van der Waals surface area (Å²) in [7, 11) is 0. The molecular weight excluding hydrogens is 551 g/mol. The Labute approximate surface area is 260 Å². The molecule has 2 aromatic heterocycles. The first-order chi connectivity index (χ1) is 22.3. The minimum Gasteiger partial charge on any atom is -0.468 e. The molecule has 0 bridgehead atoms. The van der Waals surface area contributed by atoms with Crippen molar-refractivity contribution in [2.24, 2.45) is 0 Å². The molecule has 4 nitrogen and oxygen atoms in total. The minimum absolute atomic E-state index is 0.213. The molecule has 6 aromatic carbocycles. The monoisotopic (exact) mass is 576 g/mol. The van der Waals surface area contributed by atoms with Gasteiger partial charge in [0.05, 0.1) is 11.4 Å². The highest BCUT2D eigenvalue weighted by molar-refractivity contribution is 6.99. The average Bonchev–Trinajstić information content (AvgIpc) is 3.68. The van der Waals surface area contributed by atoms with Crippen LogP contribution in [0.3, 0.4) is 0 Å². The number of para-hydroxylation sites is 3. The Morgan fingerprint density at radius 2 is 0.911 bits per heavy atom. The Morgan fingerprint density at radius 1 is 0.422 bits per heavy atom. The van der Waals surface area contributed by atoms with E-state index in [0.29, 0.717) is 0 Å². The maximum absolute atomic E-state index is 6.88. The van der Waals surface area contributed by atoms with Crippen LogP contribution in [0.4, 0.5) is 34.1 Å². The number of hydrogen-bond acceptors (Lipinski definition) is 4. The number of fused-ring (bicyclic) bond motifs is 8. The Morgan fingerprint density at radius 3 is 1.56 bits per heavy atom. The fourth-order valence-electron chi connectivity index (χ4n) is 7.37. The SMILES string of the molecule is c1ccc(-c2cccc(N3c4cccc5c4B(c4oc6ccccc6c4N5c4ccccc4)c4oc5ccccc5c43)c2)cc1. The summed E-state index contributed by atoms with van der Waals surface area (Å²) in [5, 5.41) is 2.17. The predicted molar refractivity (Wildman–Crippen MR) is 185 cm³/mol. The van der Waals surface area contributed by atoms with E-state index in [2.05, 4.69) is 149 Å². The molecule has 8 aromatic rings. The van der Waals surface area contributed by atoms with Crippen LogP contribution in [-0.2, 0) is 0 Å². The lowest BCUT2D eigenvalue weighted by Crippen LogP contribution is -2.60. The lowest BCUT2D eigenvalue weighted by Gasteiger charge is -2.40. The van der Waals surface area contributed by atoms with E-state index in [4.69, 9.17) is 8.83 Å². The van der Waals surface area contributed by atoms with Crippen LogP contribution < -0.4 is 26.6 Å². The standard InChI is InChI=1S/C40H25BN2O2/c1-3-13-26(14-4-1)27-15-11-18-29(25-27)43-33-22-12-21-32-36(33)41(40-38(43)31-20-8-10-24-35(31)45-40)39-37(30-19-7-9-23-34(30)44-39)42(32)28-16-5-2-6-17-28/h1-25H. The third-order valence-corrected chi connectivity index (χ3v) is 9.22. The lowest BCUT2D eigenvalue weighted by molar-refractivity contribution is 0.637. The molecule has 0 aliphatic carbocycles. The molecule has 0 fully saturated rings. The third kappa shape index (κ3) is 3.43. The lowest BCUT2D eigenvalue weighted by atomic mass is 9.37. The van der Waals surface area contributed by atoms with E-state index in [9.17, 15) is 0 Å². The quantitative estimate of drug-likeness (QED) is 0.197. The smallest absolute Gasteiger partial charge is 0.342 e. The largest absolute Gasteiger partial charge is 0.468 e. The Balaban J connectivity index is 1.31. The molecular formula is C40H25BN2O2. The fourth-order valence-corrected chi connectivity index (χ4v) is 7.37. The van der Waals surface area contributed by atoms with Crippen LogP contribution in [0.15, 0.2) is 160 Å². The molecule has 0 saturated carbocycles. The van der Waals surface area contributed by atoms with Crippen LogP contribution in [0.1, 0.15) is 0 Å². The summed E-state index contributed by atoms with van der Waals surface area (Å²) in [5.41, 5.74) is 13.6. The summed E-state index contributed by atoms with van der Waals surface area (Å²) in [4.78, 5) is 4.75. The van der Waals surface area contributed by atoms with Crippen LogP contribution in [0.5, 0.6) is 0 Å². The third-order valence-electron chi connectivity index (χ3n) is 9.22. The fraction of sp³-hybridized carbons (Fsp3) is 0. The van der Waals surface area contributed by atoms with Crippen molar-refractivity contribution in [3.8, 4) is 11.1 Å². The van der Waals surface area contributed by atoms with Crippen LogP contribution in [0.25, 0.3) is 33.1 Å². The van der Waals surface area contributed by atoms with Gasteiger partial charge in [0.2, 0.25) is 0 Å². The van der Waals surface area contributed by atoms with Gasteiger partial charge in [-0.2, -0.15) is 0 Å². The highest BCUT2D eigenvalue weighted by Gasteiger charge is 2.49. The second kappa shape index (κ2) is 9.28. The molecule has 0 amide bonds. The van der Waals surface area contributed by atoms with Crippen LogP contribution in [0, 0.1) is 0 Å². The maximum Gasteiger partial charge on any atom is 0.342 e. The summed E-state index contributed by atoms with van der Waals surface area (Å²) >= 11 is 0. The van der Waals surface area contributed by atoms with Gasteiger partial charge < -0.3 is 18.6 Å². The van der Waals surface area contributed by atoms with Gasteiger partial charge in [0.25, 0.3) is 0 Å². The zero-order valence-corrected chi connectivity index (χ0v) is 24.2. The van der Waals surface area contributed by atoms with Gasteiger partial charge in [-0.25, -0.2) is 0 Å². The molecule has 2 aliphatic rings. The topological polar surface area (TPSA) is 32.8 Å². The van der Waals surface area contributed by atoms with Crippen molar-refractivity contribution >= 4 is 79.6 Å². The second-order valence-electron chi connectivity index (χ2n) is 11.7. The number of rotatable bonds is 3. The Bertz CT molecular complexity index is 2410. The van der Waals surface area contributed by atoms with Crippen molar-refractivity contribution in [1.29, 1.82) is 0 Å². The maximum atomic E-state index is 6.88. The first-order valence-corrected chi connectivity index (χ1v) is 15.3. The zero-order chi connectivity index (χ0) is 29.5. The van der Waals surface area contributed by atoms with Gasteiger partial charge in [-0.15, -0.1) is 0 Å². The van der Waals surface area contributed by atoms with Crippen molar-refractivity contribution < 1.29 is 8.83 Å². The van der Waals surface area contributed by atoms with Crippen molar-refractivity contribution in [2.45, 2.75) is 0 Å². The van der Waals surface area contributed by atoms with E-state index in [-0.39, 0.29) is 6.71 Å². The average molecular weight is 576 g/mol. The van der Waals surface area contributed by atoms with Gasteiger partial charge in [-0.3, -0.25) is 0 Å². The van der Waals surface area contributed by atoms with E-state index in [0.717, 1.165) is 67.4 Å². The molecule has 210 valence electrons. The first kappa shape index (κ1) is 24.5.